The molecule has 0 atom stereocenters. The van der Waals surface area contributed by atoms with Gasteiger partial charge >= 0.3 is 0 Å². The predicted octanol–water partition coefficient (Wildman–Crippen LogP) is 2.68. The molecule has 0 aliphatic carbocycles. The number of rotatable bonds is 5. The molecule has 0 aliphatic heterocycles. The summed E-state index contributed by atoms with van der Waals surface area (Å²) in [5.41, 5.74) is 8.43. The van der Waals surface area contributed by atoms with E-state index in [4.69, 9.17) is 10.5 Å². The lowest BCUT2D eigenvalue weighted by Crippen LogP contribution is -2.30. The van der Waals surface area contributed by atoms with E-state index in [0.29, 0.717) is 18.0 Å². The lowest BCUT2D eigenvalue weighted by atomic mass is 10.2. The Bertz CT molecular complexity index is 582. The van der Waals surface area contributed by atoms with Gasteiger partial charge in [-0.3, -0.25) is 4.79 Å². The van der Waals surface area contributed by atoms with Gasteiger partial charge in [-0.05, 0) is 53.1 Å². The van der Waals surface area contributed by atoms with Crippen LogP contribution in [0.1, 0.15) is 11.1 Å². The molecule has 0 spiro atoms. The summed E-state index contributed by atoms with van der Waals surface area (Å²) in [6, 6.07) is 7.40. The molecule has 106 valence electrons. The molecule has 0 unspecified atom stereocenters. The van der Waals surface area contributed by atoms with Gasteiger partial charge in [-0.1, -0.05) is 0 Å². The average Bonchev–Trinajstić information content (AvgIpc) is 2.90. The molecule has 1 aromatic heterocycles. The van der Waals surface area contributed by atoms with Crippen molar-refractivity contribution in [3.05, 3.63) is 46.2 Å². The highest BCUT2D eigenvalue weighted by atomic mass is 32.1. The first-order chi connectivity index (χ1) is 9.56. The van der Waals surface area contributed by atoms with Gasteiger partial charge in [0.05, 0.1) is 0 Å². The van der Waals surface area contributed by atoms with Crippen LogP contribution in [0.4, 0.5) is 5.69 Å². The van der Waals surface area contributed by atoms with Crippen LogP contribution in [-0.4, -0.2) is 24.5 Å². The van der Waals surface area contributed by atoms with Crippen molar-refractivity contribution in [3.8, 4) is 5.75 Å². The second kappa shape index (κ2) is 6.43. The Kier molecular flexibility index (Phi) is 4.63. The van der Waals surface area contributed by atoms with E-state index in [1.807, 2.05) is 29.8 Å². The SMILES string of the molecule is Cc1cc(N)ccc1OCC(=O)N(C)Cc1ccsc1. The normalized spacial score (nSPS) is 10.3. The molecule has 1 amide bonds. The molecule has 0 bridgehead atoms. The Morgan fingerprint density at radius 2 is 2.20 bits per heavy atom. The summed E-state index contributed by atoms with van der Waals surface area (Å²) in [7, 11) is 1.78. The van der Waals surface area contributed by atoms with Gasteiger partial charge in [-0.15, -0.1) is 0 Å². The number of nitrogens with zero attached hydrogens (tertiary/aromatic N) is 1. The molecule has 0 aliphatic rings. The summed E-state index contributed by atoms with van der Waals surface area (Å²) in [5.74, 6) is 0.643. The third-order valence-corrected chi connectivity index (χ3v) is 3.71. The molecule has 0 radical (unpaired) electrons. The maximum atomic E-state index is 12.0. The lowest BCUT2D eigenvalue weighted by Gasteiger charge is -2.17. The van der Waals surface area contributed by atoms with Gasteiger partial charge in [-0.2, -0.15) is 11.3 Å². The number of likely N-dealkylation sites (N-methyl/N-ethyl adjacent to an activating group) is 1. The van der Waals surface area contributed by atoms with E-state index in [9.17, 15) is 4.79 Å². The summed E-state index contributed by atoms with van der Waals surface area (Å²) in [4.78, 5) is 13.7. The van der Waals surface area contributed by atoms with Gasteiger partial charge in [0, 0.05) is 19.3 Å². The van der Waals surface area contributed by atoms with Crippen molar-refractivity contribution in [2.75, 3.05) is 19.4 Å². The number of nitrogens with two attached hydrogens (primary N) is 1. The number of thiophene rings is 1. The molecular formula is C15H18N2O2S. The lowest BCUT2D eigenvalue weighted by molar-refractivity contribution is -0.132. The second-order valence-corrected chi connectivity index (χ2v) is 5.48. The molecule has 2 aromatic rings. The number of nitrogen functional groups attached to an aromatic ring is 1. The third-order valence-electron chi connectivity index (χ3n) is 2.98. The number of hydrogen-bond donors (Lipinski definition) is 1. The van der Waals surface area contributed by atoms with Crippen LogP contribution in [0, 0.1) is 6.92 Å². The minimum Gasteiger partial charge on any atom is -0.483 e. The number of ether oxygens (including phenoxy) is 1. The first-order valence-electron chi connectivity index (χ1n) is 6.30. The topological polar surface area (TPSA) is 55.6 Å². The van der Waals surface area contributed by atoms with E-state index < -0.39 is 0 Å². The van der Waals surface area contributed by atoms with Crippen LogP contribution in [0.2, 0.25) is 0 Å². The first kappa shape index (κ1) is 14.4. The molecule has 5 heteroatoms. The molecule has 0 saturated carbocycles. The van der Waals surface area contributed by atoms with Gasteiger partial charge in [0.25, 0.3) is 5.91 Å². The average molecular weight is 290 g/mol. The van der Waals surface area contributed by atoms with Crippen molar-refractivity contribution in [3.63, 3.8) is 0 Å². The van der Waals surface area contributed by atoms with Crippen molar-refractivity contribution in [2.24, 2.45) is 0 Å². The van der Waals surface area contributed by atoms with Gasteiger partial charge in [0.2, 0.25) is 0 Å². The highest BCUT2D eigenvalue weighted by molar-refractivity contribution is 7.07. The number of benzene rings is 1. The minimum atomic E-state index is -0.0487. The number of carbonyl (C=O) groups excluding carboxylic acids is 1. The van der Waals surface area contributed by atoms with E-state index in [1.165, 1.54) is 0 Å². The summed E-state index contributed by atoms with van der Waals surface area (Å²) < 4.78 is 5.55. The Labute approximate surface area is 122 Å². The molecule has 1 aromatic carbocycles. The largest absolute Gasteiger partial charge is 0.483 e. The second-order valence-electron chi connectivity index (χ2n) is 4.70. The highest BCUT2D eigenvalue weighted by Gasteiger charge is 2.11. The van der Waals surface area contributed by atoms with E-state index in [1.54, 1.807) is 35.4 Å². The zero-order valence-corrected chi connectivity index (χ0v) is 12.4. The molecular weight excluding hydrogens is 272 g/mol. The minimum absolute atomic E-state index is 0.0331. The zero-order valence-electron chi connectivity index (χ0n) is 11.6. The summed E-state index contributed by atoms with van der Waals surface area (Å²) in [6.45, 7) is 2.54. The maximum Gasteiger partial charge on any atom is 0.260 e. The number of amides is 1. The molecule has 4 nitrogen and oxygen atoms in total. The molecule has 0 fully saturated rings. The van der Waals surface area contributed by atoms with Gasteiger partial charge in [0.1, 0.15) is 5.75 Å². The van der Waals surface area contributed by atoms with Crippen LogP contribution in [0.3, 0.4) is 0 Å². The smallest absolute Gasteiger partial charge is 0.260 e. The number of aryl methyl sites for hydroxylation is 1. The first-order valence-corrected chi connectivity index (χ1v) is 7.24. The highest BCUT2D eigenvalue weighted by Crippen LogP contribution is 2.20. The Morgan fingerprint density at radius 3 is 2.85 bits per heavy atom. The van der Waals surface area contributed by atoms with Crippen molar-refractivity contribution in [1.29, 1.82) is 0 Å². The van der Waals surface area contributed by atoms with Crippen LogP contribution in [0.5, 0.6) is 5.75 Å². The van der Waals surface area contributed by atoms with Gasteiger partial charge in [0.15, 0.2) is 6.61 Å². The number of carbonyl (C=O) groups is 1. The summed E-state index contributed by atoms with van der Waals surface area (Å²) in [5, 5.41) is 4.04. The van der Waals surface area contributed by atoms with Crippen molar-refractivity contribution in [2.45, 2.75) is 13.5 Å². The molecule has 2 rings (SSSR count). The van der Waals surface area contributed by atoms with Gasteiger partial charge in [-0.25, -0.2) is 0 Å². The molecule has 0 saturated heterocycles. The maximum absolute atomic E-state index is 12.0. The fourth-order valence-electron chi connectivity index (χ4n) is 1.83. The van der Waals surface area contributed by atoms with E-state index in [-0.39, 0.29) is 12.5 Å². The van der Waals surface area contributed by atoms with Crippen LogP contribution in [-0.2, 0) is 11.3 Å². The van der Waals surface area contributed by atoms with Crippen molar-refractivity contribution < 1.29 is 9.53 Å². The number of hydrogen-bond acceptors (Lipinski definition) is 4. The monoisotopic (exact) mass is 290 g/mol. The number of anilines is 1. The molecule has 2 N–H and O–H groups in total. The van der Waals surface area contributed by atoms with Crippen molar-refractivity contribution >= 4 is 22.9 Å². The standard InChI is InChI=1S/C15H18N2O2S/c1-11-7-13(16)3-4-14(11)19-9-15(18)17(2)8-12-5-6-20-10-12/h3-7,10H,8-9,16H2,1-2H3. The van der Waals surface area contributed by atoms with Crippen LogP contribution < -0.4 is 10.5 Å². The van der Waals surface area contributed by atoms with Gasteiger partial charge < -0.3 is 15.4 Å². The Morgan fingerprint density at radius 1 is 1.40 bits per heavy atom. The van der Waals surface area contributed by atoms with E-state index in [0.717, 1.165) is 11.1 Å². The summed E-state index contributed by atoms with van der Waals surface area (Å²) in [6.07, 6.45) is 0. The predicted molar refractivity (Wildman–Crippen MR) is 81.9 cm³/mol. The Hall–Kier alpha value is -2.01. The van der Waals surface area contributed by atoms with Crippen LogP contribution >= 0.6 is 11.3 Å². The fraction of sp³-hybridized carbons (Fsp3) is 0.267. The van der Waals surface area contributed by atoms with Crippen LogP contribution in [0.25, 0.3) is 0 Å². The molecule has 20 heavy (non-hydrogen) atoms. The van der Waals surface area contributed by atoms with Crippen LogP contribution in [0.15, 0.2) is 35.0 Å². The fourth-order valence-corrected chi connectivity index (χ4v) is 2.49. The zero-order chi connectivity index (χ0) is 14.5. The Balaban J connectivity index is 1.88. The molecule has 1 heterocycles. The quantitative estimate of drug-likeness (QED) is 0.861. The van der Waals surface area contributed by atoms with Crippen molar-refractivity contribution in [1.82, 2.24) is 4.90 Å². The van der Waals surface area contributed by atoms with E-state index in [2.05, 4.69) is 0 Å². The third kappa shape index (κ3) is 3.74. The van der Waals surface area contributed by atoms with E-state index >= 15 is 0 Å². The summed E-state index contributed by atoms with van der Waals surface area (Å²) >= 11 is 1.63.